The van der Waals surface area contributed by atoms with Crippen molar-refractivity contribution in [2.24, 2.45) is 5.92 Å². The van der Waals surface area contributed by atoms with Gasteiger partial charge in [-0.25, -0.2) is 0 Å². The third-order valence-corrected chi connectivity index (χ3v) is 3.18. The minimum Gasteiger partial charge on any atom is -0.395 e. The molecule has 1 aromatic rings. The molecular formula is C15H22F3NO. The number of hydrogen-bond donors (Lipinski definition) is 2. The fourth-order valence-corrected chi connectivity index (χ4v) is 2.20. The maximum atomic E-state index is 12.7. The average Bonchev–Trinajstić information content (AvgIpc) is 2.36. The van der Waals surface area contributed by atoms with E-state index < -0.39 is 11.7 Å². The highest BCUT2D eigenvalue weighted by Gasteiger charge is 2.30. The first-order valence-corrected chi connectivity index (χ1v) is 6.78. The normalized spacial score (nSPS) is 15.4. The van der Waals surface area contributed by atoms with E-state index in [1.54, 1.807) is 13.0 Å². The van der Waals surface area contributed by atoms with Crippen LogP contribution in [-0.2, 0) is 6.18 Å². The second kappa shape index (κ2) is 7.09. The second-order valence-electron chi connectivity index (χ2n) is 5.52. The lowest BCUT2D eigenvalue weighted by Crippen LogP contribution is -2.35. The lowest BCUT2D eigenvalue weighted by atomic mass is 10.0. The Morgan fingerprint density at radius 3 is 2.35 bits per heavy atom. The molecule has 0 spiro atoms. The first kappa shape index (κ1) is 17.0. The van der Waals surface area contributed by atoms with Crippen LogP contribution >= 0.6 is 0 Å². The highest BCUT2D eigenvalue weighted by atomic mass is 19.4. The van der Waals surface area contributed by atoms with Crippen molar-refractivity contribution in [1.29, 1.82) is 0 Å². The molecule has 0 aliphatic heterocycles. The van der Waals surface area contributed by atoms with Crippen LogP contribution in [0.15, 0.2) is 24.3 Å². The second-order valence-corrected chi connectivity index (χ2v) is 5.52. The molecule has 114 valence electrons. The van der Waals surface area contributed by atoms with Gasteiger partial charge in [-0.2, -0.15) is 13.2 Å². The van der Waals surface area contributed by atoms with E-state index in [-0.39, 0.29) is 18.7 Å². The van der Waals surface area contributed by atoms with Crippen LogP contribution in [0, 0.1) is 5.92 Å². The number of alkyl halides is 3. The van der Waals surface area contributed by atoms with Crippen LogP contribution in [0.4, 0.5) is 13.2 Å². The number of hydrogen-bond acceptors (Lipinski definition) is 2. The summed E-state index contributed by atoms with van der Waals surface area (Å²) in [5.74, 6) is 0.411. The van der Waals surface area contributed by atoms with E-state index in [2.05, 4.69) is 5.32 Å². The van der Waals surface area contributed by atoms with Crippen LogP contribution in [0.2, 0.25) is 0 Å². The zero-order valence-electron chi connectivity index (χ0n) is 12.0. The van der Waals surface area contributed by atoms with Crippen molar-refractivity contribution in [1.82, 2.24) is 5.32 Å². The number of benzene rings is 1. The maximum absolute atomic E-state index is 12.7. The zero-order chi connectivity index (χ0) is 15.3. The lowest BCUT2D eigenvalue weighted by Gasteiger charge is -2.24. The van der Waals surface area contributed by atoms with E-state index in [4.69, 9.17) is 0 Å². The van der Waals surface area contributed by atoms with Crippen molar-refractivity contribution >= 4 is 0 Å². The molecule has 0 saturated carbocycles. The minimum atomic E-state index is -4.33. The van der Waals surface area contributed by atoms with Crippen LogP contribution in [0.5, 0.6) is 0 Å². The Morgan fingerprint density at radius 2 is 1.85 bits per heavy atom. The van der Waals surface area contributed by atoms with Gasteiger partial charge in [0, 0.05) is 12.1 Å². The Balaban J connectivity index is 2.79. The fourth-order valence-electron chi connectivity index (χ4n) is 2.20. The minimum absolute atomic E-state index is 0.0263. The van der Waals surface area contributed by atoms with Crippen LogP contribution in [0.3, 0.4) is 0 Å². The third-order valence-electron chi connectivity index (χ3n) is 3.18. The molecule has 20 heavy (non-hydrogen) atoms. The van der Waals surface area contributed by atoms with Gasteiger partial charge in [0.05, 0.1) is 12.2 Å². The van der Waals surface area contributed by atoms with Gasteiger partial charge in [-0.05, 0) is 37.0 Å². The van der Waals surface area contributed by atoms with E-state index in [0.717, 1.165) is 18.6 Å². The van der Waals surface area contributed by atoms with Crippen molar-refractivity contribution in [2.45, 2.75) is 45.5 Å². The predicted molar refractivity (Wildman–Crippen MR) is 73.3 cm³/mol. The molecule has 0 saturated heterocycles. The summed E-state index contributed by atoms with van der Waals surface area (Å²) in [4.78, 5) is 0. The summed E-state index contributed by atoms with van der Waals surface area (Å²) >= 11 is 0. The molecule has 2 N–H and O–H groups in total. The summed E-state index contributed by atoms with van der Waals surface area (Å²) in [7, 11) is 0. The first-order chi connectivity index (χ1) is 9.24. The van der Waals surface area contributed by atoms with Crippen LogP contribution < -0.4 is 5.32 Å². The fraction of sp³-hybridized carbons (Fsp3) is 0.600. The predicted octanol–water partition coefficient (Wildman–Crippen LogP) is 3.76. The van der Waals surface area contributed by atoms with E-state index in [1.807, 2.05) is 13.8 Å². The monoisotopic (exact) mass is 289 g/mol. The van der Waals surface area contributed by atoms with E-state index >= 15 is 0 Å². The van der Waals surface area contributed by atoms with Gasteiger partial charge in [-0.3, -0.25) is 0 Å². The SMILES string of the molecule is CC(C)CC(CO)NC(C)c1cccc(C(F)(F)F)c1. The van der Waals surface area contributed by atoms with Gasteiger partial charge >= 0.3 is 6.18 Å². The number of halogens is 3. The van der Waals surface area contributed by atoms with E-state index in [9.17, 15) is 18.3 Å². The summed E-state index contributed by atoms with van der Waals surface area (Å²) < 4.78 is 38.0. The molecule has 1 aromatic carbocycles. The van der Waals surface area contributed by atoms with Crippen LogP contribution in [0.1, 0.15) is 44.4 Å². The Kier molecular flexibility index (Phi) is 6.02. The summed E-state index contributed by atoms with van der Waals surface area (Å²) in [6.45, 7) is 5.86. The number of nitrogens with one attached hydrogen (secondary N) is 1. The lowest BCUT2D eigenvalue weighted by molar-refractivity contribution is -0.137. The molecule has 0 bridgehead atoms. The molecular weight excluding hydrogens is 267 g/mol. The van der Waals surface area contributed by atoms with Crippen LogP contribution in [0.25, 0.3) is 0 Å². The van der Waals surface area contributed by atoms with E-state index in [1.165, 1.54) is 6.07 Å². The largest absolute Gasteiger partial charge is 0.416 e. The Morgan fingerprint density at radius 1 is 1.20 bits per heavy atom. The van der Waals surface area contributed by atoms with E-state index in [0.29, 0.717) is 11.5 Å². The smallest absolute Gasteiger partial charge is 0.395 e. The van der Waals surface area contributed by atoms with Gasteiger partial charge in [-0.1, -0.05) is 26.0 Å². The standard InChI is InChI=1S/C15H22F3NO/c1-10(2)7-14(9-20)19-11(3)12-5-4-6-13(8-12)15(16,17)18/h4-6,8,10-11,14,19-20H,7,9H2,1-3H3. The number of aliphatic hydroxyl groups is 1. The molecule has 0 aromatic heterocycles. The third kappa shape index (κ3) is 5.13. The molecule has 5 heteroatoms. The molecule has 0 amide bonds. The first-order valence-electron chi connectivity index (χ1n) is 6.78. The Bertz CT molecular complexity index is 418. The molecule has 0 aliphatic rings. The van der Waals surface area contributed by atoms with Gasteiger partial charge in [0.15, 0.2) is 0 Å². The molecule has 0 aliphatic carbocycles. The average molecular weight is 289 g/mol. The molecule has 0 radical (unpaired) electrons. The van der Waals surface area contributed by atoms with Crippen molar-refractivity contribution < 1.29 is 18.3 Å². The Hall–Kier alpha value is -1.07. The number of rotatable bonds is 6. The molecule has 0 fully saturated rings. The Labute approximate surface area is 118 Å². The quantitative estimate of drug-likeness (QED) is 0.835. The zero-order valence-corrected chi connectivity index (χ0v) is 12.0. The molecule has 2 nitrogen and oxygen atoms in total. The summed E-state index contributed by atoms with van der Waals surface area (Å²) in [5, 5.41) is 12.5. The van der Waals surface area contributed by atoms with Gasteiger partial charge in [0.25, 0.3) is 0 Å². The summed E-state index contributed by atoms with van der Waals surface area (Å²) in [5.41, 5.74) is -0.0740. The van der Waals surface area contributed by atoms with Crippen molar-refractivity contribution in [3.63, 3.8) is 0 Å². The molecule has 1 rings (SSSR count). The van der Waals surface area contributed by atoms with Gasteiger partial charge in [0.1, 0.15) is 0 Å². The topological polar surface area (TPSA) is 32.3 Å². The van der Waals surface area contributed by atoms with Crippen molar-refractivity contribution in [3.05, 3.63) is 35.4 Å². The molecule has 0 heterocycles. The van der Waals surface area contributed by atoms with Crippen molar-refractivity contribution in [3.8, 4) is 0 Å². The summed E-state index contributed by atoms with van der Waals surface area (Å²) in [6, 6.07) is 4.94. The molecule has 2 unspecified atom stereocenters. The van der Waals surface area contributed by atoms with Gasteiger partial charge in [-0.15, -0.1) is 0 Å². The number of aliphatic hydroxyl groups excluding tert-OH is 1. The highest BCUT2D eigenvalue weighted by Crippen LogP contribution is 2.30. The maximum Gasteiger partial charge on any atom is 0.416 e. The van der Waals surface area contributed by atoms with Crippen molar-refractivity contribution in [2.75, 3.05) is 6.61 Å². The molecule has 2 atom stereocenters. The van der Waals surface area contributed by atoms with Crippen LogP contribution in [-0.4, -0.2) is 17.8 Å². The highest BCUT2D eigenvalue weighted by molar-refractivity contribution is 5.27. The van der Waals surface area contributed by atoms with Gasteiger partial charge < -0.3 is 10.4 Å². The summed E-state index contributed by atoms with van der Waals surface area (Å²) in [6.07, 6.45) is -3.55. The van der Waals surface area contributed by atoms with Gasteiger partial charge in [0.2, 0.25) is 0 Å².